The molecular formula is C16H16F3NO3S. The van der Waals surface area contributed by atoms with E-state index in [0.29, 0.717) is 0 Å². The third-order valence-electron chi connectivity index (χ3n) is 3.06. The number of nitrogens with zero attached hydrogens (tertiary/aromatic N) is 1. The molecule has 8 heteroatoms. The van der Waals surface area contributed by atoms with E-state index in [9.17, 15) is 13.2 Å². The van der Waals surface area contributed by atoms with E-state index < -0.39 is 15.6 Å². The normalized spacial score (nSPS) is 11.5. The minimum absolute atomic E-state index is 0.988. The van der Waals surface area contributed by atoms with Crippen molar-refractivity contribution in [3.63, 3.8) is 0 Å². The summed E-state index contributed by atoms with van der Waals surface area (Å²) in [6.07, 6.45) is 7.85. The van der Waals surface area contributed by atoms with Crippen LogP contribution in [0.2, 0.25) is 0 Å². The van der Waals surface area contributed by atoms with E-state index in [2.05, 4.69) is 54.3 Å². The monoisotopic (exact) mass is 359 g/mol. The molecule has 0 aliphatic carbocycles. The van der Waals surface area contributed by atoms with Crippen molar-refractivity contribution >= 4 is 27.1 Å². The summed E-state index contributed by atoms with van der Waals surface area (Å²) in [6.45, 7) is 7.62. The lowest BCUT2D eigenvalue weighted by atomic mass is 10.1. The molecule has 0 N–H and O–H groups in total. The molecule has 2 rings (SSSR count). The molecule has 1 aromatic heterocycles. The summed E-state index contributed by atoms with van der Waals surface area (Å²) in [6, 6.07) is 10.6. The third-order valence-corrected chi connectivity index (χ3v) is 3.63. The summed E-state index contributed by atoms with van der Waals surface area (Å²) in [4.78, 5) is 0. The second-order valence-electron chi connectivity index (χ2n) is 4.67. The number of pyridine rings is 1. The number of allylic oxidation sites excluding steroid dienone is 1. The highest BCUT2D eigenvalue weighted by molar-refractivity contribution is 7.86. The Bertz CT molecular complexity index is 830. The first-order chi connectivity index (χ1) is 11.1. The van der Waals surface area contributed by atoms with E-state index in [1.54, 1.807) is 0 Å². The lowest BCUT2D eigenvalue weighted by molar-refractivity contribution is -0.575. The Labute approximate surface area is 138 Å². The van der Waals surface area contributed by atoms with Crippen molar-refractivity contribution < 1.29 is 30.7 Å². The summed E-state index contributed by atoms with van der Waals surface area (Å²) >= 11 is 0. The quantitative estimate of drug-likeness (QED) is 0.364. The molecule has 2 aromatic rings. The highest BCUT2D eigenvalue weighted by atomic mass is 32.2. The Balaban J connectivity index is 0.000000307. The van der Waals surface area contributed by atoms with Gasteiger partial charge >= 0.3 is 5.51 Å². The third kappa shape index (κ3) is 5.17. The number of benzene rings is 1. The smallest absolute Gasteiger partial charge is 0.485 e. The largest absolute Gasteiger partial charge is 0.741 e. The highest BCUT2D eigenvalue weighted by Gasteiger charge is 2.36. The van der Waals surface area contributed by atoms with Gasteiger partial charge in [0.15, 0.2) is 28.2 Å². The second kappa shape index (κ2) is 8.07. The van der Waals surface area contributed by atoms with E-state index in [-0.39, 0.29) is 0 Å². The standard InChI is InChI=1S/C15H16N.CHF3O3S/c1-3-5-10-15-14-9-7-6-8-13(14)11-12-16(15)4-2;2-1(3,4)8(5,6)7/h3-4,6-9,11-12H,1-2,5,10H2;(H,5,6,7)/q+1;/p-1. The van der Waals surface area contributed by atoms with Crippen LogP contribution >= 0.6 is 0 Å². The van der Waals surface area contributed by atoms with Crippen molar-refractivity contribution in [2.75, 3.05) is 0 Å². The van der Waals surface area contributed by atoms with Gasteiger partial charge in [0, 0.05) is 17.9 Å². The van der Waals surface area contributed by atoms with E-state index >= 15 is 0 Å². The maximum atomic E-state index is 10.7. The lowest BCUT2D eigenvalue weighted by Gasteiger charge is -2.08. The first-order valence-electron chi connectivity index (χ1n) is 6.79. The van der Waals surface area contributed by atoms with Gasteiger partial charge in [-0.05, 0) is 24.5 Å². The zero-order valence-corrected chi connectivity index (χ0v) is 13.5. The van der Waals surface area contributed by atoms with Crippen molar-refractivity contribution in [1.82, 2.24) is 0 Å². The number of rotatable bonds is 4. The molecule has 1 heterocycles. The molecule has 0 atom stereocenters. The van der Waals surface area contributed by atoms with Crippen LogP contribution in [0, 0.1) is 0 Å². The molecule has 0 fully saturated rings. The van der Waals surface area contributed by atoms with Crippen molar-refractivity contribution in [2.45, 2.75) is 18.3 Å². The van der Waals surface area contributed by atoms with Crippen LogP contribution in [0.3, 0.4) is 0 Å². The molecule has 0 bridgehead atoms. The number of hydrogen-bond donors (Lipinski definition) is 0. The number of halogens is 3. The van der Waals surface area contributed by atoms with Crippen molar-refractivity contribution in [3.8, 4) is 0 Å². The fourth-order valence-electron chi connectivity index (χ4n) is 1.97. The fraction of sp³-hybridized carbons (Fsp3) is 0.188. The molecule has 4 nitrogen and oxygen atoms in total. The topological polar surface area (TPSA) is 61.1 Å². The Morgan fingerprint density at radius 2 is 1.75 bits per heavy atom. The molecule has 0 saturated heterocycles. The van der Waals surface area contributed by atoms with Gasteiger partial charge in [-0.3, -0.25) is 0 Å². The van der Waals surface area contributed by atoms with Crippen LogP contribution in [-0.4, -0.2) is 18.5 Å². The van der Waals surface area contributed by atoms with Crippen LogP contribution in [0.15, 0.2) is 55.8 Å². The number of aryl methyl sites for hydroxylation is 1. The fourth-order valence-corrected chi connectivity index (χ4v) is 1.97. The van der Waals surface area contributed by atoms with E-state index in [0.717, 1.165) is 12.8 Å². The van der Waals surface area contributed by atoms with Gasteiger partial charge in [-0.25, -0.2) is 8.42 Å². The molecule has 0 radical (unpaired) electrons. The minimum Gasteiger partial charge on any atom is -0.741 e. The minimum atomic E-state index is -6.09. The van der Waals surface area contributed by atoms with Crippen molar-refractivity contribution in [2.24, 2.45) is 0 Å². The van der Waals surface area contributed by atoms with Gasteiger partial charge < -0.3 is 4.55 Å². The molecule has 130 valence electrons. The predicted octanol–water partition coefficient (Wildman–Crippen LogP) is 3.40. The average Bonchev–Trinajstić information content (AvgIpc) is 2.51. The first kappa shape index (κ1) is 19.9. The van der Waals surface area contributed by atoms with E-state index in [1.807, 2.05) is 12.3 Å². The Hall–Kier alpha value is -2.19. The predicted molar refractivity (Wildman–Crippen MR) is 84.8 cm³/mol. The molecule has 0 amide bonds. The van der Waals surface area contributed by atoms with Crippen molar-refractivity contribution in [3.05, 3.63) is 61.5 Å². The van der Waals surface area contributed by atoms with Crippen LogP contribution in [0.1, 0.15) is 12.1 Å². The summed E-state index contributed by atoms with van der Waals surface area (Å²) in [7, 11) is -6.09. The van der Waals surface area contributed by atoms with Gasteiger partial charge in [0.2, 0.25) is 0 Å². The summed E-state index contributed by atoms with van der Waals surface area (Å²) in [5.41, 5.74) is -4.35. The maximum absolute atomic E-state index is 10.7. The number of hydrogen-bond acceptors (Lipinski definition) is 3. The number of alkyl halides is 3. The van der Waals surface area contributed by atoms with Gasteiger partial charge in [0.1, 0.15) is 0 Å². The van der Waals surface area contributed by atoms with Crippen LogP contribution in [0.25, 0.3) is 17.0 Å². The lowest BCUT2D eigenvalue weighted by Crippen LogP contribution is -2.31. The summed E-state index contributed by atoms with van der Waals surface area (Å²) in [5.74, 6) is 0. The number of fused-ring (bicyclic) bond motifs is 1. The highest BCUT2D eigenvalue weighted by Crippen LogP contribution is 2.20. The molecule has 1 aromatic carbocycles. The molecule has 0 unspecified atom stereocenters. The van der Waals surface area contributed by atoms with Gasteiger partial charge in [0.25, 0.3) is 0 Å². The SMILES string of the molecule is C=CCCc1c2ccccc2cc[n+]1C=C.O=S(=O)([O-])C(F)(F)F. The zero-order valence-electron chi connectivity index (χ0n) is 12.7. The van der Waals surface area contributed by atoms with E-state index in [4.69, 9.17) is 13.0 Å². The first-order valence-corrected chi connectivity index (χ1v) is 8.20. The number of aromatic nitrogens is 1. The molecule has 0 saturated carbocycles. The molecule has 0 aliphatic rings. The molecule has 0 spiro atoms. The Morgan fingerprint density at radius 1 is 1.17 bits per heavy atom. The maximum Gasteiger partial charge on any atom is 0.485 e. The van der Waals surface area contributed by atoms with Crippen LogP contribution in [0.5, 0.6) is 0 Å². The van der Waals surface area contributed by atoms with Gasteiger partial charge in [-0.2, -0.15) is 17.7 Å². The zero-order chi connectivity index (χ0) is 18.4. The van der Waals surface area contributed by atoms with Gasteiger partial charge in [-0.15, -0.1) is 6.58 Å². The average molecular weight is 359 g/mol. The van der Waals surface area contributed by atoms with Crippen LogP contribution in [-0.2, 0) is 16.5 Å². The molecule has 0 aliphatic heterocycles. The van der Waals surface area contributed by atoms with Gasteiger partial charge in [0.05, 0.1) is 0 Å². The Kier molecular flexibility index (Phi) is 6.68. The summed E-state index contributed by atoms with van der Waals surface area (Å²) < 4.78 is 61.0. The van der Waals surface area contributed by atoms with Crippen molar-refractivity contribution in [1.29, 1.82) is 0 Å². The summed E-state index contributed by atoms with van der Waals surface area (Å²) in [5, 5.41) is 2.58. The molecule has 24 heavy (non-hydrogen) atoms. The van der Waals surface area contributed by atoms with E-state index in [1.165, 1.54) is 16.5 Å². The molecular weight excluding hydrogens is 343 g/mol. The Morgan fingerprint density at radius 3 is 2.25 bits per heavy atom. The van der Waals surface area contributed by atoms with Gasteiger partial charge in [-0.1, -0.05) is 24.3 Å². The second-order valence-corrected chi connectivity index (χ2v) is 6.04. The van der Waals surface area contributed by atoms with Crippen LogP contribution in [0.4, 0.5) is 13.2 Å². The van der Waals surface area contributed by atoms with Crippen LogP contribution < -0.4 is 4.57 Å².